The molecule has 0 radical (unpaired) electrons. The molecule has 46 heavy (non-hydrogen) atoms. The maximum absolute atomic E-state index is 14.5. The summed E-state index contributed by atoms with van der Waals surface area (Å²) in [4.78, 5) is 19.9. The first-order chi connectivity index (χ1) is 22.2. The Morgan fingerprint density at radius 3 is 3.00 bits per heavy atom. The lowest BCUT2D eigenvalue weighted by molar-refractivity contribution is -0.0123. The van der Waals surface area contributed by atoms with Crippen LogP contribution in [-0.4, -0.2) is 105 Å². The molecule has 2 N–H and O–H groups in total. The lowest BCUT2D eigenvalue weighted by Crippen LogP contribution is -2.43. The molecule has 0 bridgehead atoms. The van der Waals surface area contributed by atoms with Crippen molar-refractivity contribution >= 4 is 48.4 Å². The van der Waals surface area contributed by atoms with Crippen LogP contribution in [0, 0.1) is 6.92 Å². The van der Waals surface area contributed by atoms with Gasteiger partial charge in [-0.2, -0.15) is 15.1 Å². The minimum Gasteiger partial charge on any atom is -0.493 e. The number of ether oxygens (including phenoxy) is 3. The number of pyridine rings is 1. The Bertz CT molecular complexity index is 1950. The van der Waals surface area contributed by atoms with E-state index in [1.54, 1.807) is 6.92 Å². The first-order valence-corrected chi connectivity index (χ1v) is 16.8. The average Bonchev–Trinajstić information content (AvgIpc) is 3.77. The maximum Gasteiger partial charge on any atom is 0.319 e. The molecule has 3 aliphatic rings. The minimum atomic E-state index is -1.07. The predicted molar refractivity (Wildman–Crippen MR) is 176 cm³/mol. The van der Waals surface area contributed by atoms with E-state index in [1.165, 1.54) is 11.3 Å². The van der Waals surface area contributed by atoms with Crippen molar-refractivity contribution in [2.45, 2.75) is 57.3 Å². The highest BCUT2D eigenvalue weighted by Gasteiger charge is 2.49. The molecule has 1 aromatic carbocycles. The Balaban J connectivity index is 1.31. The Labute approximate surface area is 269 Å². The van der Waals surface area contributed by atoms with Gasteiger partial charge in [0.15, 0.2) is 0 Å². The van der Waals surface area contributed by atoms with Gasteiger partial charge in [0.1, 0.15) is 34.8 Å². The van der Waals surface area contributed by atoms with E-state index in [2.05, 4.69) is 20.0 Å². The van der Waals surface area contributed by atoms with Gasteiger partial charge < -0.3 is 24.2 Å². The van der Waals surface area contributed by atoms with Crippen LogP contribution in [0.1, 0.15) is 38.7 Å². The third-order valence-electron chi connectivity index (χ3n) is 9.60. The SMILES string of the molecule is CCOc1c(C)cc2[nH]ncc2c1-c1nccc2c1sc1nc(OC[C@@]34CCCN3C[C@H](F)C4)nc(N3CCOC[C@@](C)(O)C3)c12. The molecule has 0 aliphatic carbocycles. The van der Waals surface area contributed by atoms with Gasteiger partial charge in [0, 0.05) is 36.5 Å². The highest BCUT2D eigenvalue weighted by Crippen LogP contribution is 2.47. The van der Waals surface area contributed by atoms with Crippen molar-refractivity contribution in [3.63, 3.8) is 0 Å². The summed E-state index contributed by atoms with van der Waals surface area (Å²) in [5.74, 6) is 1.44. The summed E-state index contributed by atoms with van der Waals surface area (Å²) in [7, 11) is 0. The van der Waals surface area contributed by atoms with Crippen molar-refractivity contribution in [3.8, 4) is 23.0 Å². The number of nitrogens with one attached hydrogen (secondary N) is 1. The monoisotopic (exact) mass is 647 g/mol. The molecule has 4 aromatic heterocycles. The summed E-state index contributed by atoms with van der Waals surface area (Å²) in [5.41, 5.74) is 2.14. The Morgan fingerprint density at radius 2 is 2.13 bits per heavy atom. The molecule has 7 heterocycles. The van der Waals surface area contributed by atoms with E-state index in [-0.39, 0.29) is 18.2 Å². The number of halogens is 1. The quantitative estimate of drug-likeness (QED) is 0.249. The number of aromatic amines is 1. The molecular formula is C33H38FN7O4S. The average molecular weight is 648 g/mol. The number of rotatable bonds is 7. The molecule has 3 saturated heterocycles. The van der Waals surface area contributed by atoms with Crippen molar-refractivity contribution in [3.05, 3.63) is 30.1 Å². The van der Waals surface area contributed by atoms with Crippen molar-refractivity contribution < 1.29 is 23.7 Å². The van der Waals surface area contributed by atoms with Crippen molar-refractivity contribution in [1.82, 2.24) is 30.0 Å². The number of benzene rings is 1. The van der Waals surface area contributed by atoms with Crippen LogP contribution >= 0.6 is 11.3 Å². The standard InChI is InChI=1S/C33H38FN7O4S/c1-4-44-27-19(2)12-23-22(14-36-39-23)24(27)26-28-21(6-8-35-26)25-29(40-10-11-43-17-32(3,42)16-40)37-31(38-30(25)46-28)45-18-33-7-5-9-41(33)15-20(34)13-33/h6,8,12,14,20,42H,4-5,7,9-11,13,15-18H2,1-3H3,(H,36,39)/t20-,32+,33+/m1/s1. The number of alkyl halides is 1. The molecule has 5 aromatic rings. The van der Waals surface area contributed by atoms with E-state index in [4.69, 9.17) is 29.2 Å². The number of fused-ring (bicyclic) bond motifs is 5. The van der Waals surface area contributed by atoms with E-state index < -0.39 is 11.8 Å². The lowest BCUT2D eigenvalue weighted by Gasteiger charge is -2.31. The summed E-state index contributed by atoms with van der Waals surface area (Å²) in [6.45, 7) is 9.51. The molecule has 13 heteroatoms. The Hall–Kier alpha value is -3.65. The fourth-order valence-electron chi connectivity index (χ4n) is 7.64. The highest BCUT2D eigenvalue weighted by atomic mass is 32.1. The van der Waals surface area contributed by atoms with Gasteiger partial charge in [0.25, 0.3) is 0 Å². The van der Waals surface area contributed by atoms with Crippen LogP contribution in [0.4, 0.5) is 10.2 Å². The molecule has 242 valence electrons. The summed E-state index contributed by atoms with van der Waals surface area (Å²) in [6.07, 6.45) is 5.17. The summed E-state index contributed by atoms with van der Waals surface area (Å²) in [5, 5.41) is 21.3. The van der Waals surface area contributed by atoms with Crippen LogP contribution in [0.2, 0.25) is 0 Å². The molecule has 11 nitrogen and oxygen atoms in total. The van der Waals surface area contributed by atoms with E-state index in [0.29, 0.717) is 51.7 Å². The number of anilines is 1. The number of aliphatic hydroxyl groups is 1. The van der Waals surface area contributed by atoms with Crippen LogP contribution in [0.3, 0.4) is 0 Å². The van der Waals surface area contributed by atoms with E-state index in [9.17, 15) is 9.50 Å². The maximum atomic E-state index is 14.5. The second-order valence-electron chi connectivity index (χ2n) is 13.1. The molecule has 8 rings (SSSR count). The van der Waals surface area contributed by atoms with Gasteiger partial charge >= 0.3 is 6.01 Å². The lowest BCUT2D eigenvalue weighted by atomic mass is 9.95. The van der Waals surface area contributed by atoms with Crippen LogP contribution in [-0.2, 0) is 4.74 Å². The van der Waals surface area contributed by atoms with E-state index >= 15 is 0 Å². The zero-order valence-corrected chi connectivity index (χ0v) is 27.1. The summed E-state index contributed by atoms with van der Waals surface area (Å²) in [6, 6.07) is 4.29. The first-order valence-electron chi connectivity index (χ1n) is 16.0. The van der Waals surface area contributed by atoms with Crippen molar-refractivity contribution in [1.29, 1.82) is 0 Å². The number of aromatic nitrogens is 5. The van der Waals surface area contributed by atoms with Gasteiger partial charge in [0.2, 0.25) is 0 Å². The summed E-state index contributed by atoms with van der Waals surface area (Å²) >= 11 is 1.53. The molecule has 0 spiro atoms. The van der Waals surface area contributed by atoms with Gasteiger partial charge in [-0.05, 0) is 57.9 Å². The van der Waals surface area contributed by atoms with E-state index in [1.807, 2.05) is 38.4 Å². The number of hydrogen-bond acceptors (Lipinski definition) is 11. The second-order valence-corrected chi connectivity index (χ2v) is 14.1. The van der Waals surface area contributed by atoms with Gasteiger partial charge in [-0.3, -0.25) is 15.0 Å². The largest absolute Gasteiger partial charge is 0.493 e. The minimum absolute atomic E-state index is 0.233. The van der Waals surface area contributed by atoms with Gasteiger partial charge in [0.05, 0.1) is 65.0 Å². The van der Waals surface area contributed by atoms with Crippen molar-refractivity contribution in [2.75, 3.05) is 57.5 Å². The van der Waals surface area contributed by atoms with Crippen LogP contribution in [0.25, 0.3) is 42.5 Å². The number of H-pyrrole nitrogens is 1. The number of hydrogen-bond donors (Lipinski definition) is 2. The molecule has 0 unspecified atom stereocenters. The number of aryl methyl sites for hydroxylation is 1. The van der Waals surface area contributed by atoms with Crippen LogP contribution in [0.5, 0.6) is 11.8 Å². The normalized spacial score (nSPS) is 25.5. The second kappa shape index (κ2) is 11.3. The zero-order chi connectivity index (χ0) is 31.6. The van der Waals surface area contributed by atoms with Crippen molar-refractivity contribution in [2.24, 2.45) is 0 Å². The predicted octanol–water partition coefficient (Wildman–Crippen LogP) is 5.03. The van der Waals surface area contributed by atoms with Crippen LogP contribution in [0.15, 0.2) is 24.5 Å². The molecule has 3 atom stereocenters. The Morgan fingerprint density at radius 1 is 1.24 bits per heavy atom. The molecule has 3 aliphatic heterocycles. The third-order valence-corrected chi connectivity index (χ3v) is 10.7. The van der Waals surface area contributed by atoms with Gasteiger partial charge in [-0.15, -0.1) is 11.3 Å². The first kappa shape index (κ1) is 29.7. The molecule has 0 amide bonds. The smallest absolute Gasteiger partial charge is 0.319 e. The molecule has 3 fully saturated rings. The third kappa shape index (κ3) is 4.95. The zero-order valence-electron chi connectivity index (χ0n) is 26.3. The molecular weight excluding hydrogens is 609 g/mol. The fourth-order valence-corrected chi connectivity index (χ4v) is 8.79. The number of thiophene rings is 1. The Kier molecular flexibility index (Phi) is 7.27. The number of β-amino-alcohol motifs (C(OH)–C–C–N with tert-alkyl or cyclic N) is 1. The van der Waals surface area contributed by atoms with Gasteiger partial charge in [-0.1, -0.05) is 0 Å². The van der Waals surface area contributed by atoms with E-state index in [0.717, 1.165) is 73.2 Å². The molecule has 0 saturated carbocycles. The topological polar surface area (TPSA) is 122 Å². The fraction of sp³-hybridized carbons (Fsp3) is 0.515. The summed E-state index contributed by atoms with van der Waals surface area (Å²) < 4.78 is 33.8. The van der Waals surface area contributed by atoms with Crippen LogP contribution < -0.4 is 14.4 Å². The van der Waals surface area contributed by atoms with Gasteiger partial charge in [-0.25, -0.2) is 4.39 Å². The number of nitrogens with zero attached hydrogens (tertiary/aromatic N) is 6. The highest BCUT2D eigenvalue weighted by molar-refractivity contribution is 7.26.